The molecule has 1 heterocycles. The lowest BCUT2D eigenvalue weighted by Crippen LogP contribution is -2.39. The predicted molar refractivity (Wildman–Crippen MR) is 61.8 cm³/mol. The highest BCUT2D eigenvalue weighted by molar-refractivity contribution is 5.88. The largest absolute Gasteiger partial charge is 0.478 e. The number of rotatable bonds is 5. The van der Waals surface area contributed by atoms with E-state index < -0.39 is 18.7 Å². The standard InChI is InChI=1S/C11H16F3N3O2/c1-7(2)17(6-11(12,13)14)5-9-8(10(18)19)4-15-16(9)3/h4,7H,5-6H2,1-3H3,(H,18,19). The van der Waals surface area contributed by atoms with Gasteiger partial charge in [0, 0.05) is 19.6 Å². The second-order valence-corrected chi connectivity index (χ2v) is 4.55. The third-order valence-corrected chi connectivity index (χ3v) is 2.76. The van der Waals surface area contributed by atoms with Gasteiger partial charge >= 0.3 is 12.1 Å². The Morgan fingerprint density at radius 1 is 1.53 bits per heavy atom. The molecule has 0 saturated carbocycles. The second-order valence-electron chi connectivity index (χ2n) is 4.55. The van der Waals surface area contributed by atoms with Crippen molar-refractivity contribution in [2.24, 2.45) is 7.05 Å². The number of aromatic nitrogens is 2. The van der Waals surface area contributed by atoms with Gasteiger partial charge in [-0.05, 0) is 13.8 Å². The molecule has 1 aromatic heterocycles. The van der Waals surface area contributed by atoms with Crippen LogP contribution < -0.4 is 0 Å². The van der Waals surface area contributed by atoms with Crippen LogP contribution in [0.15, 0.2) is 6.20 Å². The number of halogens is 3. The Balaban J connectivity index is 2.97. The van der Waals surface area contributed by atoms with Crippen molar-refractivity contribution < 1.29 is 23.1 Å². The highest BCUT2D eigenvalue weighted by atomic mass is 19.4. The van der Waals surface area contributed by atoms with Gasteiger partial charge in [-0.1, -0.05) is 0 Å². The number of aryl methyl sites for hydroxylation is 1. The maximum absolute atomic E-state index is 12.5. The number of hydrogen-bond acceptors (Lipinski definition) is 3. The zero-order chi connectivity index (χ0) is 14.8. The molecule has 0 saturated heterocycles. The van der Waals surface area contributed by atoms with E-state index in [0.29, 0.717) is 0 Å². The van der Waals surface area contributed by atoms with Crippen LogP contribution in [-0.4, -0.2) is 44.5 Å². The summed E-state index contributed by atoms with van der Waals surface area (Å²) in [6.07, 6.45) is -3.18. The molecule has 0 fully saturated rings. The van der Waals surface area contributed by atoms with Crippen molar-refractivity contribution in [2.45, 2.75) is 32.6 Å². The summed E-state index contributed by atoms with van der Waals surface area (Å²) in [6, 6.07) is -0.363. The van der Waals surface area contributed by atoms with Gasteiger partial charge in [-0.2, -0.15) is 18.3 Å². The minimum atomic E-state index is -4.33. The monoisotopic (exact) mass is 279 g/mol. The van der Waals surface area contributed by atoms with Crippen molar-refractivity contribution in [3.8, 4) is 0 Å². The van der Waals surface area contributed by atoms with E-state index in [2.05, 4.69) is 5.10 Å². The summed E-state index contributed by atoms with van der Waals surface area (Å²) in [4.78, 5) is 12.1. The molecule has 1 aromatic rings. The Morgan fingerprint density at radius 2 is 2.11 bits per heavy atom. The summed E-state index contributed by atoms with van der Waals surface area (Å²) < 4.78 is 38.7. The van der Waals surface area contributed by atoms with Crippen LogP contribution in [0.2, 0.25) is 0 Å². The Hall–Kier alpha value is -1.57. The quantitative estimate of drug-likeness (QED) is 0.894. The van der Waals surface area contributed by atoms with Crippen LogP contribution in [0.1, 0.15) is 29.9 Å². The first-order valence-electron chi connectivity index (χ1n) is 5.66. The molecular weight excluding hydrogens is 263 g/mol. The first kappa shape index (κ1) is 15.5. The third-order valence-electron chi connectivity index (χ3n) is 2.76. The number of hydrogen-bond donors (Lipinski definition) is 1. The van der Waals surface area contributed by atoms with Crippen molar-refractivity contribution in [2.75, 3.05) is 6.54 Å². The molecule has 0 unspecified atom stereocenters. The Kier molecular flexibility index (Phi) is 4.56. The Bertz CT molecular complexity index is 455. The molecule has 0 spiro atoms. The molecule has 1 N–H and O–H groups in total. The molecule has 0 aromatic carbocycles. The lowest BCUT2D eigenvalue weighted by atomic mass is 10.2. The summed E-state index contributed by atoms with van der Waals surface area (Å²) in [5.74, 6) is -1.20. The van der Waals surface area contributed by atoms with Crippen LogP contribution in [0.4, 0.5) is 13.2 Å². The van der Waals surface area contributed by atoms with Crippen molar-refractivity contribution in [3.05, 3.63) is 17.5 Å². The fourth-order valence-electron chi connectivity index (χ4n) is 1.67. The fraction of sp³-hybridized carbons (Fsp3) is 0.636. The molecule has 0 aliphatic rings. The van der Waals surface area contributed by atoms with Crippen LogP contribution >= 0.6 is 0 Å². The minimum absolute atomic E-state index is 0.0738. The zero-order valence-electron chi connectivity index (χ0n) is 10.9. The molecule has 5 nitrogen and oxygen atoms in total. The molecule has 0 aliphatic carbocycles. The van der Waals surface area contributed by atoms with Gasteiger partial charge in [0.2, 0.25) is 0 Å². The van der Waals surface area contributed by atoms with E-state index in [9.17, 15) is 18.0 Å². The maximum Gasteiger partial charge on any atom is 0.401 e. The molecule has 0 aliphatic heterocycles. The molecule has 0 atom stereocenters. The average Bonchev–Trinajstić information content (AvgIpc) is 2.57. The van der Waals surface area contributed by atoms with Gasteiger partial charge in [-0.25, -0.2) is 4.79 Å². The third kappa shape index (κ3) is 4.23. The molecule has 1 rings (SSSR count). The summed E-state index contributed by atoms with van der Waals surface area (Å²) in [5.41, 5.74) is 0.181. The van der Waals surface area contributed by atoms with Crippen molar-refractivity contribution in [1.29, 1.82) is 0 Å². The molecule has 19 heavy (non-hydrogen) atoms. The van der Waals surface area contributed by atoms with Crippen molar-refractivity contribution >= 4 is 5.97 Å². The molecule has 108 valence electrons. The normalized spacial score (nSPS) is 12.4. The summed E-state index contributed by atoms with van der Waals surface area (Å²) >= 11 is 0. The predicted octanol–water partition coefficient (Wildman–Crippen LogP) is 1.89. The van der Waals surface area contributed by atoms with Crippen LogP contribution in [-0.2, 0) is 13.6 Å². The van der Waals surface area contributed by atoms with E-state index in [1.807, 2.05) is 0 Å². The van der Waals surface area contributed by atoms with Gasteiger partial charge in [0.1, 0.15) is 5.56 Å². The van der Waals surface area contributed by atoms with E-state index in [4.69, 9.17) is 5.11 Å². The topological polar surface area (TPSA) is 58.4 Å². The van der Waals surface area contributed by atoms with Gasteiger partial charge in [0.15, 0.2) is 0 Å². The van der Waals surface area contributed by atoms with E-state index in [-0.39, 0.29) is 23.8 Å². The highest BCUT2D eigenvalue weighted by Crippen LogP contribution is 2.21. The summed E-state index contributed by atoms with van der Waals surface area (Å²) in [7, 11) is 1.51. The average molecular weight is 279 g/mol. The van der Waals surface area contributed by atoms with Gasteiger partial charge in [-0.15, -0.1) is 0 Å². The van der Waals surface area contributed by atoms with E-state index in [0.717, 1.165) is 11.1 Å². The second kappa shape index (κ2) is 5.60. The SMILES string of the molecule is CC(C)N(Cc1c(C(=O)O)cnn1C)CC(F)(F)F. The van der Waals surface area contributed by atoms with Crippen LogP contribution in [0.3, 0.4) is 0 Å². The van der Waals surface area contributed by atoms with E-state index in [1.54, 1.807) is 13.8 Å². The molecule has 0 radical (unpaired) electrons. The summed E-state index contributed by atoms with van der Waals surface area (Å²) in [5, 5.41) is 12.7. The Morgan fingerprint density at radius 3 is 2.53 bits per heavy atom. The number of carboxylic acids is 1. The van der Waals surface area contributed by atoms with Crippen molar-refractivity contribution in [1.82, 2.24) is 14.7 Å². The maximum atomic E-state index is 12.5. The fourth-order valence-corrected chi connectivity index (χ4v) is 1.67. The molecule has 0 bridgehead atoms. The summed E-state index contributed by atoms with van der Waals surface area (Å²) in [6.45, 7) is 2.05. The molecule has 8 heteroatoms. The van der Waals surface area contributed by atoms with Crippen molar-refractivity contribution in [3.63, 3.8) is 0 Å². The number of nitrogens with zero attached hydrogens (tertiary/aromatic N) is 3. The first-order chi connectivity index (χ1) is 8.61. The van der Waals surface area contributed by atoms with Gasteiger partial charge < -0.3 is 5.11 Å². The van der Waals surface area contributed by atoms with Gasteiger partial charge in [0.05, 0.1) is 18.4 Å². The lowest BCUT2D eigenvalue weighted by Gasteiger charge is -2.27. The number of aromatic carboxylic acids is 1. The number of carbonyl (C=O) groups is 1. The first-order valence-corrected chi connectivity index (χ1v) is 5.66. The highest BCUT2D eigenvalue weighted by Gasteiger charge is 2.32. The van der Waals surface area contributed by atoms with E-state index >= 15 is 0 Å². The smallest absolute Gasteiger partial charge is 0.401 e. The molecule has 0 amide bonds. The molecular formula is C11H16F3N3O2. The van der Waals surface area contributed by atoms with Crippen LogP contribution in [0, 0.1) is 0 Å². The lowest BCUT2D eigenvalue weighted by molar-refractivity contribution is -0.151. The van der Waals surface area contributed by atoms with E-state index in [1.165, 1.54) is 11.7 Å². The zero-order valence-corrected chi connectivity index (χ0v) is 10.9. The van der Waals surface area contributed by atoms with Crippen LogP contribution in [0.25, 0.3) is 0 Å². The number of alkyl halides is 3. The van der Waals surface area contributed by atoms with Crippen LogP contribution in [0.5, 0.6) is 0 Å². The number of carboxylic acid groups (broad SMARTS) is 1. The van der Waals surface area contributed by atoms with Gasteiger partial charge in [0.25, 0.3) is 0 Å². The van der Waals surface area contributed by atoms with Gasteiger partial charge in [-0.3, -0.25) is 9.58 Å². The minimum Gasteiger partial charge on any atom is -0.478 e. The Labute approximate surface area is 108 Å².